The van der Waals surface area contributed by atoms with E-state index in [1.165, 1.54) is 12.1 Å². The topological polar surface area (TPSA) is 80.1 Å². The average Bonchev–Trinajstić information content (AvgIpc) is 2.95. The van der Waals surface area contributed by atoms with Crippen molar-refractivity contribution in [2.75, 3.05) is 18.8 Å². The second-order valence-electron chi connectivity index (χ2n) is 5.82. The molecular formula is C15H18F3N5O. The fourth-order valence-electron chi connectivity index (χ4n) is 2.89. The highest BCUT2D eigenvalue weighted by molar-refractivity contribution is 5.27. The van der Waals surface area contributed by atoms with Crippen LogP contribution in [-0.2, 0) is 6.54 Å². The molecule has 0 spiro atoms. The van der Waals surface area contributed by atoms with E-state index in [9.17, 15) is 13.2 Å². The van der Waals surface area contributed by atoms with Gasteiger partial charge in [-0.15, -0.1) is 18.3 Å². The molecule has 0 atom stereocenters. The van der Waals surface area contributed by atoms with Crippen molar-refractivity contribution in [3.63, 3.8) is 0 Å². The Labute approximate surface area is 136 Å². The quantitative estimate of drug-likeness (QED) is 0.894. The third-order valence-corrected chi connectivity index (χ3v) is 4.06. The number of nitrogens with two attached hydrogens (primary N) is 1. The summed E-state index contributed by atoms with van der Waals surface area (Å²) in [6, 6.07) is 5.99. The van der Waals surface area contributed by atoms with Gasteiger partial charge in [0.1, 0.15) is 11.6 Å². The van der Waals surface area contributed by atoms with E-state index < -0.39 is 6.36 Å². The van der Waals surface area contributed by atoms with Crippen molar-refractivity contribution in [3.05, 3.63) is 35.7 Å². The number of anilines is 1. The van der Waals surface area contributed by atoms with Crippen molar-refractivity contribution in [2.45, 2.75) is 31.7 Å². The van der Waals surface area contributed by atoms with Crippen LogP contribution in [0.2, 0.25) is 0 Å². The molecule has 1 saturated heterocycles. The van der Waals surface area contributed by atoms with Crippen LogP contribution in [0.15, 0.2) is 24.3 Å². The Balaban J connectivity index is 1.51. The van der Waals surface area contributed by atoms with Gasteiger partial charge in [-0.1, -0.05) is 12.1 Å². The van der Waals surface area contributed by atoms with E-state index in [0.29, 0.717) is 12.5 Å². The monoisotopic (exact) mass is 341 g/mol. The normalized spacial score (nSPS) is 17.1. The number of nitrogen functional groups attached to an aromatic ring is 1. The number of piperidine rings is 1. The molecule has 1 aliphatic heterocycles. The van der Waals surface area contributed by atoms with E-state index in [2.05, 4.69) is 24.8 Å². The first kappa shape index (κ1) is 16.6. The zero-order valence-electron chi connectivity index (χ0n) is 12.9. The number of H-pyrrole nitrogens is 1. The number of nitrogens with one attached hydrogen (secondary N) is 1. The molecule has 0 radical (unpaired) electrons. The number of nitrogens with zero attached hydrogens (tertiary/aromatic N) is 3. The first-order valence-corrected chi connectivity index (χ1v) is 7.64. The van der Waals surface area contributed by atoms with Gasteiger partial charge in [-0.3, -0.25) is 10.00 Å². The van der Waals surface area contributed by atoms with Gasteiger partial charge >= 0.3 is 6.36 Å². The minimum absolute atomic E-state index is 0.201. The van der Waals surface area contributed by atoms with Crippen LogP contribution in [0.25, 0.3) is 0 Å². The zero-order valence-corrected chi connectivity index (χ0v) is 12.9. The van der Waals surface area contributed by atoms with Crippen LogP contribution in [0.4, 0.5) is 19.1 Å². The number of halogens is 3. The van der Waals surface area contributed by atoms with Crippen molar-refractivity contribution in [3.8, 4) is 5.75 Å². The maximum absolute atomic E-state index is 12.1. The lowest BCUT2D eigenvalue weighted by molar-refractivity contribution is -0.274. The van der Waals surface area contributed by atoms with Crippen molar-refractivity contribution in [1.29, 1.82) is 0 Å². The molecule has 1 aliphatic rings. The summed E-state index contributed by atoms with van der Waals surface area (Å²) in [6.07, 6.45) is -2.79. The molecule has 3 N–H and O–H groups in total. The molecule has 0 aliphatic carbocycles. The van der Waals surface area contributed by atoms with Gasteiger partial charge in [0.15, 0.2) is 0 Å². The lowest BCUT2D eigenvalue weighted by atomic mass is 9.96. The Morgan fingerprint density at radius 2 is 1.88 bits per heavy atom. The van der Waals surface area contributed by atoms with Crippen LogP contribution in [0.5, 0.6) is 5.75 Å². The molecule has 2 heterocycles. The highest BCUT2D eigenvalue weighted by atomic mass is 19.4. The summed E-state index contributed by atoms with van der Waals surface area (Å²) in [4.78, 5) is 6.43. The van der Waals surface area contributed by atoms with E-state index in [1.54, 1.807) is 12.1 Å². The second-order valence-corrected chi connectivity index (χ2v) is 5.82. The van der Waals surface area contributed by atoms with Crippen molar-refractivity contribution in [1.82, 2.24) is 20.1 Å². The Bertz CT molecular complexity index is 662. The van der Waals surface area contributed by atoms with Gasteiger partial charge < -0.3 is 10.5 Å². The third kappa shape index (κ3) is 4.38. The van der Waals surface area contributed by atoms with Crippen LogP contribution in [-0.4, -0.2) is 39.5 Å². The Morgan fingerprint density at radius 1 is 1.21 bits per heavy atom. The fourth-order valence-corrected chi connectivity index (χ4v) is 2.89. The van der Waals surface area contributed by atoms with Gasteiger partial charge in [0.25, 0.3) is 0 Å². The van der Waals surface area contributed by atoms with Gasteiger partial charge in [-0.05, 0) is 43.6 Å². The van der Waals surface area contributed by atoms with Crippen LogP contribution in [0, 0.1) is 0 Å². The molecule has 0 bridgehead atoms. The summed E-state index contributed by atoms with van der Waals surface area (Å²) in [7, 11) is 0. The predicted molar refractivity (Wildman–Crippen MR) is 81.2 cm³/mol. The highest BCUT2D eigenvalue weighted by Gasteiger charge is 2.31. The lowest BCUT2D eigenvalue weighted by Gasteiger charge is -2.30. The number of rotatable bonds is 4. The maximum Gasteiger partial charge on any atom is 0.573 e. The Kier molecular flexibility index (Phi) is 4.61. The standard InChI is InChI=1S/C15H18F3N5O/c16-15(17,18)24-12-3-1-10(2-4-12)9-23-7-5-11(6-8-23)13-20-14(19)22-21-13/h1-4,11H,5-9H2,(H3,19,20,21,22). The number of aromatic amines is 1. The molecule has 0 amide bonds. The number of aromatic nitrogens is 3. The van der Waals surface area contributed by atoms with Crippen molar-refractivity contribution in [2.24, 2.45) is 0 Å². The third-order valence-electron chi connectivity index (χ3n) is 4.06. The summed E-state index contributed by atoms with van der Waals surface area (Å²) in [5.74, 6) is 1.19. The Morgan fingerprint density at radius 3 is 2.42 bits per heavy atom. The predicted octanol–water partition coefficient (Wildman–Crippen LogP) is 2.67. The molecule has 0 saturated carbocycles. The molecule has 0 unspecified atom stereocenters. The smallest absolute Gasteiger partial charge is 0.406 e. The summed E-state index contributed by atoms with van der Waals surface area (Å²) in [5, 5.41) is 6.70. The number of hydrogen-bond donors (Lipinski definition) is 2. The average molecular weight is 341 g/mol. The number of benzene rings is 1. The minimum Gasteiger partial charge on any atom is -0.406 e. The molecule has 130 valence electrons. The maximum atomic E-state index is 12.1. The summed E-state index contributed by atoms with van der Waals surface area (Å²) in [5.41, 5.74) is 6.47. The molecular weight excluding hydrogens is 323 g/mol. The van der Waals surface area contributed by atoms with E-state index in [1.807, 2.05) is 0 Å². The molecule has 6 nitrogen and oxygen atoms in total. The van der Waals surface area contributed by atoms with E-state index in [0.717, 1.165) is 37.3 Å². The highest BCUT2D eigenvalue weighted by Crippen LogP contribution is 2.27. The van der Waals surface area contributed by atoms with Gasteiger partial charge in [-0.2, -0.15) is 4.98 Å². The lowest BCUT2D eigenvalue weighted by Crippen LogP contribution is -2.32. The van der Waals surface area contributed by atoms with E-state index >= 15 is 0 Å². The van der Waals surface area contributed by atoms with Gasteiger partial charge in [0.05, 0.1) is 0 Å². The van der Waals surface area contributed by atoms with Gasteiger partial charge in [-0.25, -0.2) is 0 Å². The zero-order chi connectivity index (χ0) is 17.2. The molecule has 24 heavy (non-hydrogen) atoms. The fraction of sp³-hybridized carbons (Fsp3) is 0.467. The second kappa shape index (κ2) is 6.68. The Hall–Kier alpha value is -2.29. The molecule has 3 rings (SSSR count). The first-order valence-electron chi connectivity index (χ1n) is 7.64. The molecule has 1 aromatic heterocycles. The SMILES string of the molecule is Nc1n[nH]c(C2CCN(Cc3ccc(OC(F)(F)F)cc3)CC2)n1. The summed E-state index contributed by atoms with van der Waals surface area (Å²) in [6.45, 7) is 2.45. The molecule has 2 aromatic rings. The molecule has 1 aromatic carbocycles. The van der Waals surface area contributed by atoms with Crippen LogP contribution in [0.3, 0.4) is 0 Å². The van der Waals surface area contributed by atoms with Crippen LogP contribution >= 0.6 is 0 Å². The summed E-state index contributed by atoms with van der Waals surface area (Å²) >= 11 is 0. The van der Waals surface area contributed by atoms with Crippen molar-refractivity contribution < 1.29 is 17.9 Å². The number of likely N-dealkylation sites (tertiary alicyclic amines) is 1. The van der Waals surface area contributed by atoms with Gasteiger partial charge in [0.2, 0.25) is 5.95 Å². The first-order chi connectivity index (χ1) is 11.4. The van der Waals surface area contributed by atoms with Crippen molar-refractivity contribution >= 4 is 5.95 Å². The van der Waals surface area contributed by atoms with E-state index in [4.69, 9.17) is 5.73 Å². The number of ether oxygens (including phenoxy) is 1. The largest absolute Gasteiger partial charge is 0.573 e. The molecule has 1 fully saturated rings. The molecule has 9 heteroatoms. The number of hydrogen-bond acceptors (Lipinski definition) is 5. The summed E-state index contributed by atoms with van der Waals surface area (Å²) < 4.78 is 40.3. The van der Waals surface area contributed by atoms with Crippen LogP contribution < -0.4 is 10.5 Å². The van der Waals surface area contributed by atoms with Gasteiger partial charge in [0, 0.05) is 12.5 Å². The van der Waals surface area contributed by atoms with Crippen LogP contribution in [0.1, 0.15) is 30.1 Å². The number of alkyl halides is 3. The van der Waals surface area contributed by atoms with E-state index in [-0.39, 0.29) is 11.7 Å². The minimum atomic E-state index is -4.66.